The molecule has 15 heteroatoms. The molecular weight excluding hydrogens is 520 g/mol. The van der Waals surface area contributed by atoms with Gasteiger partial charge in [0.1, 0.15) is 17.3 Å². The number of esters is 1. The fourth-order valence-electron chi connectivity index (χ4n) is 4.02. The van der Waals surface area contributed by atoms with Gasteiger partial charge in [-0.3, -0.25) is 13.9 Å². The van der Waals surface area contributed by atoms with Crippen LogP contribution in [-0.2, 0) is 23.4 Å². The lowest BCUT2D eigenvalue weighted by atomic mass is 10.0. The Labute approximate surface area is 218 Å². The molecule has 0 radical (unpaired) electrons. The Hall–Kier alpha value is -3.32. The minimum absolute atomic E-state index is 0.0554. The molecule has 206 valence electrons. The van der Waals surface area contributed by atoms with Gasteiger partial charge in [0.15, 0.2) is 23.4 Å². The van der Waals surface area contributed by atoms with Gasteiger partial charge in [-0.05, 0) is 39.8 Å². The Morgan fingerprint density at radius 3 is 2.68 bits per heavy atom. The molecule has 0 aliphatic carbocycles. The van der Waals surface area contributed by atoms with Gasteiger partial charge in [0.2, 0.25) is 5.95 Å². The zero-order valence-corrected chi connectivity index (χ0v) is 22.3. The number of nitrogens with two attached hydrogens (primary N) is 2. The molecule has 5 N–H and O–H groups in total. The molecule has 0 saturated carbocycles. The quantitative estimate of drug-likeness (QED) is 0.248. The molecule has 1 aromatic carbocycles. The number of hydrogen-bond acceptors (Lipinski definition) is 11. The SMILES string of the molecule is CC(C)OC(=O)[C@@H](C)NP(=O)(OC[C@@H]1C[C@@](C)(F)[C@H](n2cnc3c(N)nc(N)nc32)O1)Oc1ccccc1. The van der Waals surface area contributed by atoms with E-state index in [-0.39, 0.29) is 47.8 Å². The number of imidazole rings is 1. The first-order valence-corrected chi connectivity index (χ1v) is 13.5. The van der Waals surface area contributed by atoms with Crippen LogP contribution in [0, 0.1) is 0 Å². The van der Waals surface area contributed by atoms with Crippen molar-refractivity contribution in [2.75, 3.05) is 18.1 Å². The zero-order valence-electron chi connectivity index (χ0n) is 21.4. The molecule has 5 atom stereocenters. The maximum atomic E-state index is 15.7. The predicted octanol–water partition coefficient (Wildman–Crippen LogP) is 3.14. The first-order valence-electron chi connectivity index (χ1n) is 11.9. The van der Waals surface area contributed by atoms with Gasteiger partial charge in [-0.25, -0.2) is 13.9 Å². The van der Waals surface area contributed by atoms with E-state index in [0.717, 1.165) is 0 Å². The number of hydrogen-bond donors (Lipinski definition) is 3. The van der Waals surface area contributed by atoms with Gasteiger partial charge in [-0.15, -0.1) is 0 Å². The summed E-state index contributed by atoms with van der Waals surface area (Å²) in [5.74, 6) is -0.431. The Kier molecular flexibility index (Phi) is 7.88. The third kappa shape index (κ3) is 6.21. The number of nitrogens with zero attached hydrogens (tertiary/aromatic N) is 4. The summed E-state index contributed by atoms with van der Waals surface area (Å²) < 4.78 is 53.2. The van der Waals surface area contributed by atoms with Crippen molar-refractivity contribution in [3.63, 3.8) is 0 Å². The molecule has 3 heterocycles. The number of ether oxygens (including phenoxy) is 2. The number of para-hydroxylation sites is 1. The second-order valence-corrected chi connectivity index (χ2v) is 11.1. The maximum absolute atomic E-state index is 15.7. The van der Waals surface area contributed by atoms with Gasteiger partial charge >= 0.3 is 13.7 Å². The van der Waals surface area contributed by atoms with Gasteiger partial charge in [-0.1, -0.05) is 18.2 Å². The number of fused-ring (bicyclic) bond motifs is 1. The number of aromatic nitrogens is 4. The van der Waals surface area contributed by atoms with E-state index in [1.807, 2.05) is 0 Å². The van der Waals surface area contributed by atoms with Crippen molar-refractivity contribution in [1.29, 1.82) is 0 Å². The Bertz CT molecular complexity index is 1340. The lowest BCUT2D eigenvalue weighted by Crippen LogP contribution is -2.36. The van der Waals surface area contributed by atoms with E-state index in [4.69, 9.17) is 30.0 Å². The number of carbonyl (C=O) groups excluding carboxylic acids is 1. The van der Waals surface area contributed by atoms with Crippen molar-refractivity contribution in [2.45, 2.75) is 64.3 Å². The van der Waals surface area contributed by atoms with Crippen LogP contribution < -0.4 is 21.1 Å². The molecule has 1 fully saturated rings. The van der Waals surface area contributed by atoms with Crippen molar-refractivity contribution in [1.82, 2.24) is 24.6 Å². The molecular formula is C23H31FN7O6P. The Morgan fingerprint density at radius 2 is 2.00 bits per heavy atom. The van der Waals surface area contributed by atoms with E-state index >= 15 is 4.39 Å². The molecule has 3 aromatic rings. The van der Waals surface area contributed by atoms with Crippen molar-refractivity contribution in [3.05, 3.63) is 36.7 Å². The van der Waals surface area contributed by atoms with E-state index in [2.05, 4.69) is 20.0 Å². The van der Waals surface area contributed by atoms with Crippen molar-refractivity contribution in [2.24, 2.45) is 0 Å². The minimum Gasteiger partial charge on any atom is -0.462 e. The standard InChI is InChI=1S/C23H31FN7O6P/c1-13(2)35-20(32)14(3)30-38(33,37-15-8-6-5-7-9-15)34-11-16-10-23(4,24)21(36-16)31-12-27-17-18(25)28-22(26)29-19(17)31/h5-9,12-14,16,21H,10-11H2,1-4H3,(H,30,33)(H4,25,26,28,29)/t14-,16+,21-,23-,38?/m1/s1. The van der Waals surface area contributed by atoms with E-state index in [0.29, 0.717) is 0 Å². The number of anilines is 2. The minimum atomic E-state index is -4.15. The molecule has 1 aliphatic rings. The smallest absolute Gasteiger partial charge is 0.459 e. The number of rotatable bonds is 10. The van der Waals surface area contributed by atoms with Gasteiger partial charge in [-0.2, -0.15) is 15.1 Å². The van der Waals surface area contributed by atoms with E-state index in [1.54, 1.807) is 44.2 Å². The average molecular weight is 552 g/mol. The summed E-state index contributed by atoms with van der Waals surface area (Å²) in [6, 6.07) is 7.28. The van der Waals surface area contributed by atoms with Crippen molar-refractivity contribution in [3.8, 4) is 5.75 Å². The van der Waals surface area contributed by atoms with Crippen LogP contribution in [0.1, 0.15) is 40.3 Å². The molecule has 1 aliphatic heterocycles. The predicted molar refractivity (Wildman–Crippen MR) is 137 cm³/mol. The van der Waals surface area contributed by atoms with Crippen LogP contribution in [0.4, 0.5) is 16.2 Å². The van der Waals surface area contributed by atoms with Crippen molar-refractivity contribution < 1.29 is 32.3 Å². The lowest BCUT2D eigenvalue weighted by Gasteiger charge is -2.24. The van der Waals surface area contributed by atoms with Crippen LogP contribution in [0.5, 0.6) is 5.75 Å². The van der Waals surface area contributed by atoms with Gasteiger partial charge in [0, 0.05) is 6.42 Å². The third-order valence-corrected chi connectivity index (χ3v) is 7.28. The molecule has 38 heavy (non-hydrogen) atoms. The van der Waals surface area contributed by atoms with Crippen LogP contribution in [-0.4, -0.2) is 56.0 Å². The summed E-state index contributed by atoms with van der Waals surface area (Å²) in [5, 5.41) is 2.59. The first-order chi connectivity index (χ1) is 17.9. The summed E-state index contributed by atoms with van der Waals surface area (Å²) in [4.78, 5) is 24.5. The summed E-state index contributed by atoms with van der Waals surface area (Å²) in [6.07, 6.45) is -1.13. The number of halogens is 1. The molecule has 0 bridgehead atoms. The van der Waals surface area contributed by atoms with Crippen LogP contribution in [0.2, 0.25) is 0 Å². The van der Waals surface area contributed by atoms with Gasteiger partial charge in [0.25, 0.3) is 0 Å². The number of benzene rings is 1. The summed E-state index contributed by atoms with van der Waals surface area (Å²) in [5.41, 5.74) is 10.2. The van der Waals surface area contributed by atoms with Crippen LogP contribution >= 0.6 is 7.75 Å². The topological polar surface area (TPSA) is 179 Å². The summed E-state index contributed by atoms with van der Waals surface area (Å²) in [6.45, 7) is 5.91. The van der Waals surface area contributed by atoms with Gasteiger partial charge < -0.3 is 25.5 Å². The summed E-state index contributed by atoms with van der Waals surface area (Å²) >= 11 is 0. The van der Waals surface area contributed by atoms with Crippen LogP contribution in [0.25, 0.3) is 11.2 Å². The fraction of sp³-hybridized carbons (Fsp3) is 0.478. The number of carbonyl (C=O) groups is 1. The van der Waals surface area contributed by atoms with Crippen molar-refractivity contribution >= 4 is 36.6 Å². The monoisotopic (exact) mass is 551 g/mol. The Morgan fingerprint density at radius 1 is 1.29 bits per heavy atom. The van der Waals surface area contributed by atoms with E-state index in [1.165, 1.54) is 24.7 Å². The van der Waals surface area contributed by atoms with Crippen LogP contribution in [0.3, 0.4) is 0 Å². The first kappa shape index (κ1) is 27.7. The highest BCUT2D eigenvalue weighted by Gasteiger charge is 2.48. The number of nitrogens with one attached hydrogen (secondary N) is 1. The van der Waals surface area contributed by atoms with Gasteiger partial charge in [0.05, 0.1) is 25.1 Å². The average Bonchev–Trinajstić information content (AvgIpc) is 3.37. The van der Waals surface area contributed by atoms with Crippen LogP contribution in [0.15, 0.2) is 36.7 Å². The van der Waals surface area contributed by atoms with E-state index < -0.39 is 37.8 Å². The number of alkyl halides is 1. The third-order valence-electron chi connectivity index (χ3n) is 5.64. The highest BCUT2D eigenvalue weighted by Crippen LogP contribution is 2.48. The summed E-state index contributed by atoms with van der Waals surface area (Å²) in [7, 11) is -4.15. The highest BCUT2D eigenvalue weighted by molar-refractivity contribution is 7.52. The molecule has 1 saturated heterocycles. The molecule has 0 spiro atoms. The largest absolute Gasteiger partial charge is 0.462 e. The molecule has 2 aromatic heterocycles. The fourth-order valence-corrected chi connectivity index (χ4v) is 5.54. The lowest BCUT2D eigenvalue weighted by molar-refractivity contribution is -0.149. The zero-order chi connectivity index (χ0) is 27.7. The second-order valence-electron chi connectivity index (χ2n) is 9.42. The second kappa shape index (κ2) is 10.8. The molecule has 1 unspecified atom stereocenters. The molecule has 13 nitrogen and oxygen atoms in total. The Balaban J connectivity index is 1.51. The molecule has 0 amide bonds. The van der Waals surface area contributed by atoms with E-state index in [9.17, 15) is 9.36 Å². The normalized spacial score (nSPS) is 23.8. The number of nitrogen functional groups attached to an aromatic ring is 2. The maximum Gasteiger partial charge on any atom is 0.459 e. The highest BCUT2D eigenvalue weighted by atomic mass is 31.2. The molecule has 4 rings (SSSR count).